The molecule has 1 aromatic heterocycles. The largest absolute Gasteiger partial charge is 0.397 e. The molecule has 2 N–H and O–H groups in total. The van der Waals surface area contributed by atoms with Crippen molar-refractivity contribution < 1.29 is 4.39 Å². The lowest BCUT2D eigenvalue weighted by atomic mass is 10.1. The summed E-state index contributed by atoms with van der Waals surface area (Å²) in [4.78, 5) is 1.14. The Kier molecular flexibility index (Phi) is 3.18. The summed E-state index contributed by atoms with van der Waals surface area (Å²) >= 11 is 4.42. The Labute approximate surface area is 111 Å². The molecule has 1 aromatic carbocycles. The van der Waals surface area contributed by atoms with Gasteiger partial charge in [0.05, 0.1) is 5.69 Å². The van der Waals surface area contributed by atoms with Crippen LogP contribution in [0.2, 0.25) is 0 Å². The van der Waals surface area contributed by atoms with E-state index in [1.54, 1.807) is 19.1 Å². The number of hydrogen-bond donors (Lipinski definition) is 1. The molecule has 0 bridgehead atoms. The van der Waals surface area contributed by atoms with Gasteiger partial charge in [-0.3, -0.25) is 0 Å². The molecule has 0 spiro atoms. The van der Waals surface area contributed by atoms with Gasteiger partial charge in [0, 0.05) is 14.9 Å². The van der Waals surface area contributed by atoms with E-state index in [-0.39, 0.29) is 5.82 Å². The van der Waals surface area contributed by atoms with Crippen LogP contribution in [-0.4, -0.2) is 0 Å². The maximum atomic E-state index is 13.8. The topological polar surface area (TPSA) is 49.8 Å². The first-order chi connectivity index (χ1) is 8.04. The number of nitrogens with two attached hydrogens (primary N) is 1. The monoisotopic (exact) mass is 310 g/mol. The van der Waals surface area contributed by atoms with Gasteiger partial charge in [-0.25, -0.2) is 4.39 Å². The third-order valence-electron chi connectivity index (χ3n) is 2.47. The normalized spacial score (nSPS) is 10.2. The highest BCUT2D eigenvalue weighted by Gasteiger charge is 2.16. The maximum Gasteiger partial charge on any atom is 0.132 e. The van der Waals surface area contributed by atoms with Crippen molar-refractivity contribution in [3.8, 4) is 16.5 Å². The average Bonchev–Trinajstić information content (AvgIpc) is 2.57. The molecule has 0 aliphatic rings. The standard InChI is InChI=1S/C12H8BrFN2S/c1-6-11(16)10(5-15)17-12(6)8-3-2-7(13)4-9(8)14/h2-4H,16H2,1H3. The number of rotatable bonds is 1. The first kappa shape index (κ1) is 12.1. The smallest absolute Gasteiger partial charge is 0.132 e. The zero-order valence-electron chi connectivity index (χ0n) is 8.92. The maximum absolute atomic E-state index is 13.8. The van der Waals surface area contributed by atoms with Crippen LogP contribution in [0.15, 0.2) is 22.7 Å². The Balaban J connectivity index is 2.65. The van der Waals surface area contributed by atoms with Gasteiger partial charge in [0.15, 0.2) is 0 Å². The van der Waals surface area contributed by atoms with Gasteiger partial charge in [-0.15, -0.1) is 11.3 Å². The molecule has 0 amide bonds. The van der Waals surface area contributed by atoms with E-state index < -0.39 is 0 Å². The molecular weight excluding hydrogens is 303 g/mol. The second-order valence-electron chi connectivity index (χ2n) is 3.53. The third-order valence-corrected chi connectivity index (χ3v) is 4.21. The van der Waals surface area contributed by atoms with Gasteiger partial charge in [-0.2, -0.15) is 5.26 Å². The molecule has 2 rings (SSSR count). The molecule has 5 heteroatoms. The van der Waals surface area contributed by atoms with Crippen LogP contribution in [0.25, 0.3) is 10.4 Å². The molecule has 0 unspecified atom stereocenters. The lowest BCUT2D eigenvalue weighted by molar-refractivity contribution is 0.631. The van der Waals surface area contributed by atoms with Crippen LogP contribution in [0.3, 0.4) is 0 Å². The molecule has 0 saturated heterocycles. The van der Waals surface area contributed by atoms with E-state index in [2.05, 4.69) is 15.9 Å². The Morgan fingerprint density at radius 2 is 2.18 bits per heavy atom. The molecule has 0 atom stereocenters. The van der Waals surface area contributed by atoms with Crippen molar-refractivity contribution in [1.29, 1.82) is 5.26 Å². The molecule has 17 heavy (non-hydrogen) atoms. The Hall–Kier alpha value is -1.38. The van der Waals surface area contributed by atoms with Crippen LogP contribution in [0.5, 0.6) is 0 Å². The van der Waals surface area contributed by atoms with Crippen LogP contribution >= 0.6 is 27.3 Å². The number of thiophene rings is 1. The van der Waals surface area contributed by atoms with E-state index in [1.807, 2.05) is 6.07 Å². The number of nitriles is 1. The minimum Gasteiger partial charge on any atom is -0.397 e. The molecule has 0 radical (unpaired) electrons. The lowest BCUT2D eigenvalue weighted by Gasteiger charge is -2.02. The fourth-order valence-electron chi connectivity index (χ4n) is 1.54. The van der Waals surface area contributed by atoms with Crippen LogP contribution in [0.1, 0.15) is 10.4 Å². The second-order valence-corrected chi connectivity index (χ2v) is 5.47. The van der Waals surface area contributed by atoms with Gasteiger partial charge in [-0.05, 0) is 30.7 Å². The van der Waals surface area contributed by atoms with E-state index >= 15 is 0 Å². The lowest BCUT2D eigenvalue weighted by Crippen LogP contribution is -1.88. The number of halogens is 2. The van der Waals surface area contributed by atoms with Crippen molar-refractivity contribution in [3.05, 3.63) is 38.9 Å². The van der Waals surface area contributed by atoms with Gasteiger partial charge in [0.2, 0.25) is 0 Å². The molecule has 0 aliphatic heterocycles. The first-order valence-electron chi connectivity index (χ1n) is 4.79. The van der Waals surface area contributed by atoms with Crippen molar-refractivity contribution in [3.63, 3.8) is 0 Å². The average molecular weight is 311 g/mol. The SMILES string of the molecule is Cc1c(-c2ccc(Br)cc2F)sc(C#N)c1N. The molecule has 0 saturated carbocycles. The highest BCUT2D eigenvalue weighted by Crippen LogP contribution is 2.39. The summed E-state index contributed by atoms with van der Waals surface area (Å²) in [7, 11) is 0. The number of benzene rings is 1. The zero-order chi connectivity index (χ0) is 12.6. The van der Waals surface area contributed by atoms with E-state index in [1.165, 1.54) is 17.4 Å². The molecular formula is C12H8BrFN2S. The van der Waals surface area contributed by atoms with Crippen molar-refractivity contribution in [1.82, 2.24) is 0 Å². The van der Waals surface area contributed by atoms with Gasteiger partial charge < -0.3 is 5.73 Å². The molecule has 2 aromatic rings. The number of nitrogen functional groups attached to an aromatic ring is 1. The van der Waals surface area contributed by atoms with Crippen LogP contribution in [0, 0.1) is 24.1 Å². The molecule has 86 valence electrons. The number of anilines is 1. The van der Waals surface area contributed by atoms with Gasteiger partial charge >= 0.3 is 0 Å². The van der Waals surface area contributed by atoms with Gasteiger partial charge in [0.25, 0.3) is 0 Å². The first-order valence-corrected chi connectivity index (χ1v) is 6.40. The minimum absolute atomic E-state index is 0.326. The summed E-state index contributed by atoms with van der Waals surface area (Å²) in [5.74, 6) is -0.326. The fourth-order valence-corrected chi connectivity index (χ4v) is 2.92. The van der Waals surface area contributed by atoms with Crippen LogP contribution in [0.4, 0.5) is 10.1 Å². The quantitative estimate of drug-likeness (QED) is 0.862. The van der Waals surface area contributed by atoms with Crippen LogP contribution in [-0.2, 0) is 0 Å². The zero-order valence-corrected chi connectivity index (χ0v) is 11.3. The number of hydrogen-bond acceptors (Lipinski definition) is 3. The van der Waals surface area contributed by atoms with Crippen molar-refractivity contribution >= 4 is 33.0 Å². The van der Waals surface area contributed by atoms with Crippen molar-refractivity contribution in [2.45, 2.75) is 6.92 Å². The van der Waals surface area contributed by atoms with Crippen molar-refractivity contribution in [2.75, 3.05) is 5.73 Å². The summed E-state index contributed by atoms with van der Waals surface area (Å²) in [6.45, 7) is 1.80. The predicted molar refractivity (Wildman–Crippen MR) is 71.3 cm³/mol. The highest BCUT2D eigenvalue weighted by atomic mass is 79.9. The second kappa shape index (κ2) is 4.47. The van der Waals surface area contributed by atoms with Gasteiger partial charge in [-0.1, -0.05) is 15.9 Å². The molecule has 0 fully saturated rings. The highest BCUT2D eigenvalue weighted by molar-refractivity contribution is 9.10. The number of nitrogens with zero attached hydrogens (tertiary/aromatic N) is 1. The van der Waals surface area contributed by atoms with E-state index in [4.69, 9.17) is 11.0 Å². The van der Waals surface area contributed by atoms with E-state index in [9.17, 15) is 4.39 Å². The fraction of sp³-hybridized carbons (Fsp3) is 0.0833. The third kappa shape index (κ3) is 2.06. The molecule has 1 heterocycles. The minimum atomic E-state index is -0.326. The van der Waals surface area contributed by atoms with Crippen LogP contribution < -0.4 is 5.73 Å². The predicted octanol–water partition coefficient (Wildman–Crippen LogP) is 4.08. The van der Waals surface area contributed by atoms with E-state index in [0.717, 1.165) is 5.56 Å². The summed E-state index contributed by atoms with van der Waals surface area (Å²) in [5.41, 5.74) is 7.46. The Bertz CT molecular complexity index is 628. The molecule has 2 nitrogen and oxygen atoms in total. The van der Waals surface area contributed by atoms with Gasteiger partial charge in [0.1, 0.15) is 16.8 Å². The summed E-state index contributed by atoms with van der Waals surface area (Å²) in [5, 5.41) is 8.90. The summed E-state index contributed by atoms with van der Waals surface area (Å²) < 4.78 is 14.5. The Morgan fingerprint density at radius 3 is 2.71 bits per heavy atom. The molecule has 0 aliphatic carbocycles. The summed E-state index contributed by atoms with van der Waals surface area (Å²) in [6.07, 6.45) is 0. The van der Waals surface area contributed by atoms with E-state index in [0.29, 0.717) is 25.5 Å². The Morgan fingerprint density at radius 1 is 1.47 bits per heavy atom. The summed E-state index contributed by atoms with van der Waals surface area (Å²) in [6, 6.07) is 6.86. The van der Waals surface area contributed by atoms with Crippen molar-refractivity contribution in [2.24, 2.45) is 0 Å².